The average Bonchev–Trinajstić information content (AvgIpc) is 2.97. The van der Waals surface area contributed by atoms with Crippen LogP contribution in [-0.4, -0.2) is 38.8 Å². The predicted octanol–water partition coefficient (Wildman–Crippen LogP) is 1.55. The molecule has 2 aromatic rings. The van der Waals surface area contributed by atoms with Crippen LogP contribution in [0.2, 0.25) is 0 Å². The molecule has 1 aliphatic rings. The van der Waals surface area contributed by atoms with E-state index in [9.17, 15) is 4.79 Å². The first kappa shape index (κ1) is 15.4. The first-order valence-electron chi connectivity index (χ1n) is 7.67. The molecular formula is C16H20N6O. The Balaban J connectivity index is 1.76. The van der Waals surface area contributed by atoms with Gasteiger partial charge >= 0.3 is 0 Å². The molecule has 3 N–H and O–H groups in total. The lowest BCUT2D eigenvalue weighted by molar-refractivity contribution is -0.119. The summed E-state index contributed by atoms with van der Waals surface area (Å²) < 4.78 is 0. The largest absolute Gasteiger partial charge is 0.369 e. The van der Waals surface area contributed by atoms with Crippen LogP contribution in [0.15, 0.2) is 30.6 Å². The minimum Gasteiger partial charge on any atom is -0.369 e. The fourth-order valence-corrected chi connectivity index (χ4v) is 2.83. The maximum Gasteiger partial charge on any atom is 0.231 e. The topological polar surface area (TPSA) is 97.0 Å². The summed E-state index contributed by atoms with van der Waals surface area (Å²) in [5.41, 5.74) is 7.32. The summed E-state index contributed by atoms with van der Waals surface area (Å²) in [7, 11) is 0. The molecule has 0 spiro atoms. The molecule has 0 aromatic carbocycles. The Morgan fingerprint density at radius 1 is 1.39 bits per heavy atom. The number of hydrogen-bond acceptors (Lipinski definition) is 6. The van der Waals surface area contributed by atoms with Gasteiger partial charge in [-0.3, -0.25) is 9.69 Å². The molecule has 0 saturated carbocycles. The number of pyridine rings is 1. The Hall–Kier alpha value is -2.54. The number of aryl methyl sites for hydroxylation is 1. The van der Waals surface area contributed by atoms with E-state index in [2.05, 4.69) is 25.2 Å². The number of likely N-dealkylation sites (tertiary alicyclic amines) is 1. The van der Waals surface area contributed by atoms with E-state index in [1.807, 2.05) is 25.1 Å². The van der Waals surface area contributed by atoms with Gasteiger partial charge in [0.1, 0.15) is 5.82 Å². The molecule has 7 heteroatoms. The van der Waals surface area contributed by atoms with Crippen molar-refractivity contribution in [2.45, 2.75) is 25.8 Å². The van der Waals surface area contributed by atoms with Gasteiger partial charge in [-0.25, -0.2) is 15.0 Å². The van der Waals surface area contributed by atoms with Gasteiger partial charge in [0.05, 0.1) is 18.3 Å². The number of nitrogens with two attached hydrogens (primary N) is 1. The summed E-state index contributed by atoms with van der Waals surface area (Å²) in [6, 6.07) is 5.86. The Labute approximate surface area is 135 Å². The van der Waals surface area contributed by atoms with Crippen LogP contribution >= 0.6 is 0 Å². The molecule has 1 atom stereocenters. The van der Waals surface area contributed by atoms with Gasteiger partial charge in [0.2, 0.25) is 11.9 Å². The van der Waals surface area contributed by atoms with Crippen molar-refractivity contribution in [3.05, 3.63) is 41.9 Å². The molecule has 1 saturated heterocycles. The van der Waals surface area contributed by atoms with Crippen LogP contribution in [0.4, 0.5) is 11.8 Å². The van der Waals surface area contributed by atoms with Crippen LogP contribution in [-0.2, 0) is 4.79 Å². The molecule has 7 nitrogen and oxygen atoms in total. The molecular weight excluding hydrogens is 292 g/mol. The van der Waals surface area contributed by atoms with Gasteiger partial charge in [-0.2, -0.15) is 0 Å². The molecule has 3 rings (SSSR count). The molecule has 23 heavy (non-hydrogen) atoms. The van der Waals surface area contributed by atoms with Crippen LogP contribution in [0.5, 0.6) is 0 Å². The van der Waals surface area contributed by atoms with E-state index in [1.165, 1.54) is 0 Å². The lowest BCUT2D eigenvalue weighted by Gasteiger charge is -2.22. The zero-order valence-electron chi connectivity index (χ0n) is 13.1. The fraction of sp³-hybridized carbons (Fsp3) is 0.375. The van der Waals surface area contributed by atoms with Crippen LogP contribution in [0.3, 0.4) is 0 Å². The Kier molecular flexibility index (Phi) is 4.47. The van der Waals surface area contributed by atoms with Gasteiger partial charge in [-0.1, -0.05) is 6.07 Å². The number of anilines is 2. The summed E-state index contributed by atoms with van der Waals surface area (Å²) in [6.07, 6.45) is 5.51. The van der Waals surface area contributed by atoms with E-state index < -0.39 is 0 Å². The molecule has 1 aliphatic heterocycles. The number of rotatable bonds is 5. The normalized spacial score (nSPS) is 18.0. The van der Waals surface area contributed by atoms with Crippen LogP contribution < -0.4 is 11.1 Å². The highest BCUT2D eigenvalue weighted by Gasteiger charge is 2.28. The third kappa shape index (κ3) is 3.81. The minimum absolute atomic E-state index is 0.108. The van der Waals surface area contributed by atoms with Gasteiger partial charge in [-0.15, -0.1) is 0 Å². The molecule has 0 radical (unpaired) electrons. The standard InChI is InChI=1S/C16H20N6O/c1-11-4-5-15(19-9-11)21-16-18-7-6-12(20-16)13-3-2-8-22(13)10-14(17)23/h4-7,9,13H,2-3,8,10H2,1H3,(H2,17,23)(H,18,19,20,21)/t13-/m1/s1. The number of primary amides is 1. The molecule has 2 aromatic heterocycles. The average molecular weight is 312 g/mol. The molecule has 0 bridgehead atoms. The number of amides is 1. The van der Waals surface area contributed by atoms with Gasteiger partial charge in [-0.05, 0) is 44.0 Å². The smallest absolute Gasteiger partial charge is 0.231 e. The van der Waals surface area contributed by atoms with Gasteiger partial charge < -0.3 is 11.1 Å². The van der Waals surface area contributed by atoms with Crippen molar-refractivity contribution < 1.29 is 4.79 Å². The number of carbonyl (C=O) groups excluding carboxylic acids is 1. The van der Waals surface area contributed by atoms with Crippen molar-refractivity contribution in [1.29, 1.82) is 0 Å². The number of hydrogen-bond donors (Lipinski definition) is 2. The first-order valence-corrected chi connectivity index (χ1v) is 7.67. The Bertz CT molecular complexity index is 687. The Morgan fingerprint density at radius 3 is 3.00 bits per heavy atom. The molecule has 1 amide bonds. The molecule has 120 valence electrons. The van der Waals surface area contributed by atoms with Crippen molar-refractivity contribution >= 4 is 17.7 Å². The first-order chi connectivity index (χ1) is 11.1. The number of nitrogens with zero attached hydrogens (tertiary/aromatic N) is 4. The van der Waals surface area contributed by atoms with Crippen LogP contribution in [0, 0.1) is 6.92 Å². The zero-order valence-corrected chi connectivity index (χ0v) is 13.1. The highest BCUT2D eigenvalue weighted by atomic mass is 16.1. The lowest BCUT2D eigenvalue weighted by atomic mass is 10.1. The van der Waals surface area contributed by atoms with Crippen molar-refractivity contribution in [2.75, 3.05) is 18.4 Å². The van der Waals surface area contributed by atoms with Gasteiger partial charge in [0.25, 0.3) is 0 Å². The summed E-state index contributed by atoms with van der Waals surface area (Å²) in [6.45, 7) is 3.11. The molecule has 0 unspecified atom stereocenters. The van der Waals surface area contributed by atoms with Crippen LogP contribution in [0.1, 0.15) is 30.1 Å². The van der Waals surface area contributed by atoms with E-state index >= 15 is 0 Å². The highest BCUT2D eigenvalue weighted by molar-refractivity contribution is 5.76. The van der Waals surface area contributed by atoms with E-state index in [-0.39, 0.29) is 18.5 Å². The lowest BCUT2D eigenvalue weighted by Crippen LogP contribution is -2.33. The second-order valence-electron chi connectivity index (χ2n) is 5.75. The highest BCUT2D eigenvalue weighted by Crippen LogP contribution is 2.30. The maximum atomic E-state index is 11.2. The number of aromatic nitrogens is 3. The number of carbonyl (C=O) groups is 1. The second-order valence-corrected chi connectivity index (χ2v) is 5.75. The van der Waals surface area contributed by atoms with Gasteiger partial charge in [0.15, 0.2) is 0 Å². The monoisotopic (exact) mass is 312 g/mol. The van der Waals surface area contributed by atoms with E-state index in [4.69, 9.17) is 5.73 Å². The third-order valence-corrected chi connectivity index (χ3v) is 3.89. The van der Waals surface area contributed by atoms with Crippen molar-refractivity contribution in [2.24, 2.45) is 5.73 Å². The van der Waals surface area contributed by atoms with Crippen molar-refractivity contribution in [3.63, 3.8) is 0 Å². The van der Waals surface area contributed by atoms with Crippen LogP contribution in [0.25, 0.3) is 0 Å². The predicted molar refractivity (Wildman–Crippen MR) is 87.0 cm³/mol. The maximum absolute atomic E-state index is 11.2. The summed E-state index contributed by atoms with van der Waals surface area (Å²) in [5.74, 6) is 0.895. The SMILES string of the molecule is Cc1ccc(Nc2nccc([C@H]3CCCN3CC(N)=O)n2)nc1. The van der Waals surface area contributed by atoms with Gasteiger partial charge in [0, 0.05) is 12.4 Å². The van der Waals surface area contributed by atoms with E-state index in [0.29, 0.717) is 11.8 Å². The van der Waals surface area contributed by atoms with Crippen molar-refractivity contribution in [1.82, 2.24) is 19.9 Å². The molecule has 0 aliphatic carbocycles. The third-order valence-electron chi connectivity index (χ3n) is 3.89. The molecule has 3 heterocycles. The van der Waals surface area contributed by atoms with E-state index in [1.54, 1.807) is 12.4 Å². The van der Waals surface area contributed by atoms with Crippen molar-refractivity contribution in [3.8, 4) is 0 Å². The molecule has 1 fully saturated rings. The minimum atomic E-state index is -0.312. The summed E-state index contributed by atoms with van der Waals surface area (Å²) in [5, 5.41) is 3.11. The number of nitrogens with one attached hydrogen (secondary N) is 1. The Morgan fingerprint density at radius 2 is 2.26 bits per heavy atom. The zero-order chi connectivity index (χ0) is 16.2. The second kappa shape index (κ2) is 6.70. The summed E-state index contributed by atoms with van der Waals surface area (Å²) >= 11 is 0. The quantitative estimate of drug-likeness (QED) is 0.869. The van der Waals surface area contributed by atoms with E-state index in [0.717, 1.165) is 30.6 Å². The fourth-order valence-electron chi connectivity index (χ4n) is 2.83. The summed E-state index contributed by atoms with van der Waals surface area (Å²) in [4.78, 5) is 26.4.